The maximum absolute atomic E-state index is 14.2. The van der Waals surface area contributed by atoms with E-state index in [9.17, 15) is 23.1 Å². The summed E-state index contributed by atoms with van der Waals surface area (Å²) < 4.78 is 53.1. The Kier molecular flexibility index (Phi) is 4.39. The molecular weight excluding hydrogens is 349 g/mol. The first-order valence-electron chi connectivity index (χ1n) is 7.83. The van der Waals surface area contributed by atoms with Crippen LogP contribution in [0.25, 0.3) is 6.08 Å². The summed E-state index contributed by atoms with van der Waals surface area (Å²) in [5.41, 5.74) is -4.07. The number of carboxylic acid groups (broad SMARTS) is 1. The third-order valence-corrected chi connectivity index (χ3v) is 4.06. The van der Waals surface area contributed by atoms with E-state index < -0.39 is 23.3 Å². The maximum atomic E-state index is 14.2. The van der Waals surface area contributed by atoms with Crippen LogP contribution >= 0.6 is 0 Å². The third-order valence-electron chi connectivity index (χ3n) is 4.06. The van der Waals surface area contributed by atoms with Crippen molar-refractivity contribution in [2.45, 2.75) is 18.7 Å². The van der Waals surface area contributed by atoms with E-state index in [0.717, 1.165) is 6.08 Å². The van der Waals surface area contributed by atoms with Gasteiger partial charge in [-0.3, -0.25) is 0 Å². The van der Waals surface area contributed by atoms with Crippen LogP contribution in [-0.4, -0.2) is 23.9 Å². The first-order chi connectivity index (χ1) is 12.3. The Bertz CT molecular complexity index is 856. The van der Waals surface area contributed by atoms with Gasteiger partial charge >= 0.3 is 12.1 Å². The highest BCUT2D eigenvalue weighted by molar-refractivity contribution is 5.96. The Morgan fingerprint density at radius 3 is 2.38 bits per heavy atom. The van der Waals surface area contributed by atoms with E-state index in [4.69, 9.17) is 9.47 Å². The van der Waals surface area contributed by atoms with Crippen molar-refractivity contribution in [3.8, 4) is 11.5 Å². The van der Waals surface area contributed by atoms with E-state index in [1.54, 1.807) is 13.0 Å². The average Bonchev–Trinajstić information content (AvgIpc) is 2.60. The van der Waals surface area contributed by atoms with Gasteiger partial charge in [-0.2, -0.15) is 13.2 Å². The number of ether oxygens (including phenoxy) is 2. The Balaban J connectivity index is 2.24. The zero-order valence-corrected chi connectivity index (χ0v) is 13.7. The van der Waals surface area contributed by atoms with Gasteiger partial charge in [0.15, 0.2) is 0 Å². The molecule has 0 aliphatic carbocycles. The Morgan fingerprint density at radius 2 is 1.81 bits per heavy atom. The van der Waals surface area contributed by atoms with E-state index in [2.05, 4.69) is 0 Å². The van der Waals surface area contributed by atoms with Gasteiger partial charge in [0.05, 0.1) is 12.2 Å². The third kappa shape index (κ3) is 2.79. The summed E-state index contributed by atoms with van der Waals surface area (Å²) in [6, 6.07) is 11.0. The number of carbonyl (C=O) groups is 1. The monoisotopic (exact) mass is 364 g/mol. The molecule has 1 atom stereocenters. The van der Waals surface area contributed by atoms with Crippen molar-refractivity contribution in [3.63, 3.8) is 0 Å². The maximum Gasteiger partial charge on any atom is 0.437 e. The van der Waals surface area contributed by atoms with E-state index in [1.165, 1.54) is 42.5 Å². The van der Waals surface area contributed by atoms with Crippen LogP contribution in [0.4, 0.5) is 13.2 Å². The van der Waals surface area contributed by atoms with Crippen LogP contribution in [0.2, 0.25) is 0 Å². The summed E-state index contributed by atoms with van der Waals surface area (Å²) in [6.07, 6.45) is -4.00. The standard InChI is InChI=1S/C19H15F3O4/c1-2-25-14-9-7-13(8-10-14)18(19(20,21)22)15(17(23)24)11-12-5-3-4-6-16(12)26-18/h3-11H,2H2,1H3,(H,23,24). The van der Waals surface area contributed by atoms with Crippen molar-refractivity contribution in [1.82, 2.24) is 0 Å². The molecule has 1 aliphatic rings. The molecule has 0 spiro atoms. The fourth-order valence-corrected chi connectivity index (χ4v) is 2.92. The second-order valence-corrected chi connectivity index (χ2v) is 5.64. The minimum atomic E-state index is -5.00. The fraction of sp³-hybridized carbons (Fsp3) is 0.211. The predicted octanol–water partition coefficient (Wildman–Crippen LogP) is 4.40. The van der Waals surface area contributed by atoms with Gasteiger partial charge in [-0.05, 0) is 31.2 Å². The second-order valence-electron chi connectivity index (χ2n) is 5.64. The van der Waals surface area contributed by atoms with E-state index >= 15 is 0 Å². The van der Waals surface area contributed by atoms with Crippen molar-refractivity contribution in [2.75, 3.05) is 6.61 Å². The smallest absolute Gasteiger partial charge is 0.437 e. The Labute approximate surface area is 147 Å². The van der Waals surface area contributed by atoms with Crippen LogP contribution < -0.4 is 9.47 Å². The molecule has 0 fully saturated rings. The molecular formula is C19H15F3O4. The van der Waals surface area contributed by atoms with Gasteiger partial charge in [-0.25, -0.2) is 4.79 Å². The SMILES string of the molecule is CCOc1ccc(C2(C(F)(F)F)Oc3ccccc3C=C2C(=O)O)cc1. The van der Waals surface area contributed by atoms with Crippen molar-refractivity contribution >= 4 is 12.0 Å². The summed E-state index contributed by atoms with van der Waals surface area (Å²) >= 11 is 0. The van der Waals surface area contributed by atoms with E-state index in [0.29, 0.717) is 12.4 Å². The average molecular weight is 364 g/mol. The minimum Gasteiger partial charge on any atom is -0.494 e. The largest absolute Gasteiger partial charge is 0.494 e. The number of rotatable bonds is 4. The van der Waals surface area contributed by atoms with Crippen molar-refractivity contribution in [2.24, 2.45) is 0 Å². The van der Waals surface area contributed by atoms with Crippen LogP contribution in [0, 0.1) is 0 Å². The summed E-state index contributed by atoms with van der Waals surface area (Å²) in [5, 5.41) is 9.49. The number of alkyl halides is 3. The summed E-state index contributed by atoms with van der Waals surface area (Å²) in [4.78, 5) is 11.7. The fourth-order valence-electron chi connectivity index (χ4n) is 2.92. The number of hydrogen-bond acceptors (Lipinski definition) is 3. The Hall–Kier alpha value is -2.96. The lowest BCUT2D eigenvalue weighted by Gasteiger charge is -2.39. The lowest BCUT2D eigenvalue weighted by molar-refractivity contribution is -0.240. The van der Waals surface area contributed by atoms with Crippen LogP contribution in [0.15, 0.2) is 54.1 Å². The highest BCUT2D eigenvalue weighted by atomic mass is 19.4. The molecule has 0 saturated carbocycles. The number of hydrogen-bond donors (Lipinski definition) is 1. The Morgan fingerprint density at radius 1 is 1.15 bits per heavy atom. The van der Waals surface area contributed by atoms with Gasteiger partial charge in [0.1, 0.15) is 11.5 Å². The number of halogens is 3. The molecule has 26 heavy (non-hydrogen) atoms. The van der Waals surface area contributed by atoms with Crippen LogP contribution in [0.5, 0.6) is 11.5 Å². The quantitative estimate of drug-likeness (QED) is 0.874. The first-order valence-corrected chi connectivity index (χ1v) is 7.83. The van der Waals surface area contributed by atoms with Crippen molar-refractivity contribution in [3.05, 3.63) is 65.2 Å². The van der Waals surface area contributed by atoms with Crippen molar-refractivity contribution < 1.29 is 32.5 Å². The highest BCUT2D eigenvalue weighted by Gasteiger charge is 2.64. The molecule has 3 rings (SSSR count). The molecule has 0 aromatic heterocycles. The minimum absolute atomic E-state index is 0.0382. The number of carboxylic acids is 1. The van der Waals surface area contributed by atoms with Crippen LogP contribution in [-0.2, 0) is 10.4 Å². The van der Waals surface area contributed by atoms with Gasteiger partial charge in [-0.1, -0.05) is 30.3 Å². The molecule has 2 aromatic rings. The molecule has 4 nitrogen and oxygen atoms in total. The molecule has 1 unspecified atom stereocenters. The molecule has 2 aromatic carbocycles. The van der Waals surface area contributed by atoms with Gasteiger partial charge in [0.25, 0.3) is 5.60 Å². The van der Waals surface area contributed by atoms with Crippen LogP contribution in [0.1, 0.15) is 18.1 Å². The van der Waals surface area contributed by atoms with Gasteiger partial charge in [0, 0.05) is 11.1 Å². The molecule has 0 amide bonds. The molecule has 0 bridgehead atoms. The van der Waals surface area contributed by atoms with Crippen LogP contribution in [0.3, 0.4) is 0 Å². The zero-order valence-electron chi connectivity index (χ0n) is 13.7. The molecule has 1 N–H and O–H groups in total. The predicted molar refractivity (Wildman–Crippen MR) is 88.0 cm³/mol. The zero-order chi connectivity index (χ0) is 18.9. The molecule has 7 heteroatoms. The van der Waals surface area contributed by atoms with E-state index in [-0.39, 0.29) is 16.9 Å². The lowest BCUT2D eigenvalue weighted by atomic mass is 9.82. The molecule has 0 radical (unpaired) electrons. The molecule has 1 heterocycles. The second kappa shape index (κ2) is 6.40. The molecule has 1 aliphatic heterocycles. The lowest BCUT2D eigenvalue weighted by Crippen LogP contribution is -2.52. The number of para-hydroxylation sites is 1. The van der Waals surface area contributed by atoms with E-state index in [1.807, 2.05) is 0 Å². The topological polar surface area (TPSA) is 55.8 Å². The number of fused-ring (bicyclic) bond motifs is 1. The number of benzene rings is 2. The van der Waals surface area contributed by atoms with Crippen molar-refractivity contribution in [1.29, 1.82) is 0 Å². The summed E-state index contributed by atoms with van der Waals surface area (Å²) in [6.45, 7) is 2.10. The van der Waals surface area contributed by atoms with Gasteiger partial charge in [0.2, 0.25) is 0 Å². The summed E-state index contributed by atoms with van der Waals surface area (Å²) in [5.74, 6) is -1.36. The summed E-state index contributed by atoms with van der Waals surface area (Å²) in [7, 11) is 0. The highest BCUT2D eigenvalue weighted by Crippen LogP contribution is 2.51. The number of aliphatic carboxylic acids is 1. The first kappa shape index (κ1) is 17.8. The normalized spacial score (nSPS) is 19.2. The molecule has 0 saturated heterocycles. The van der Waals surface area contributed by atoms with Gasteiger partial charge < -0.3 is 14.6 Å². The van der Waals surface area contributed by atoms with Gasteiger partial charge in [-0.15, -0.1) is 0 Å². The molecule has 136 valence electrons.